The van der Waals surface area contributed by atoms with Gasteiger partial charge in [-0.15, -0.1) is 0 Å². The Kier molecular flexibility index (Phi) is 5.39. The molecule has 1 atom stereocenters. The van der Waals surface area contributed by atoms with Crippen molar-refractivity contribution < 1.29 is 4.74 Å². The van der Waals surface area contributed by atoms with Crippen LogP contribution < -0.4 is 10.5 Å². The minimum atomic E-state index is 0.232. The van der Waals surface area contributed by atoms with Gasteiger partial charge in [0.2, 0.25) is 0 Å². The van der Waals surface area contributed by atoms with Crippen LogP contribution in [0.1, 0.15) is 30.0 Å². The fraction of sp³-hybridized carbons (Fsp3) is 0.471. The standard InChI is InChI=1S/C17H25N3O/c1-4-16(18)12-15-10-13(2)17(14(3)11-15)21-9-8-20-7-5-6-19-20/h5-7,10-11,16H,4,8-9,12,18H2,1-3H3. The average molecular weight is 287 g/mol. The van der Waals surface area contributed by atoms with E-state index in [1.807, 2.05) is 16.9 Å². The Bertz CT molecular complexity index is 540. The summed E-state index contributed by atoms with van der Waals surface area (Å²) in [5.74, 6) is 0.982. The molecule has 0 saturated carbocycles. The lowest BCUT2D eigenvalue weighted by atomic mass is 9.99. The maximum atomic E-state index is 6.04. The number of rotatable bonds is 7. The number of benzene rings is 1. The van der Waals surface area contributed by atoms with Crippen molar-refractivity contribution in [2.45, 2.75) is 46.2 Å². The summed E-state index contributed by atoms with van der Waals surface area (Å²) >= 11 is 0. The molecule has 0 aliphatic heterocycles. The van der Waals surface area contributed by atoms with Crippen LogP contribution in [0.3, 0.4) is 0 Å². The summed E-state index contributed by atoms with van der Waals surface area (Å²) in [6, 6.07) is 6.52. The van der Waals surface area contributed by atoms with Crippen LogP contribution in [-0.4, -0.2) is 22.4 Å². The Hall–Kier alpha value is -1.81. The highest BCUT2D eigenvalue weighted by Crippen LogP contribution is 2.25. The zero-order chi connectivity index (χ0) is 15.2. The number of hydrogen-bond donors (Lipinski definition) is 1. The van der Waals surface area contributed by atoms with Gasteiger partial charge in [-0.3, -0.25) is 4.68 Å². The lowest BCUT2D eigenvalue weighted by Gasteiger charge is -2.16. The van der Waals surface area contributed by atoms with Crippen molar-refractivity contribution >= 4 is 0 Å². The van der Waals surface area contributed by atoms with Gasteiger partial charge in [0.15, 0.2) is 0 Å². The molecule has 21 heavy (non-hydrogen) atoms. The minimum Gasteiger partial charge on any atom is -0.491 e. The van der Waals surface area contributed by atoms with Gasteiger partial charge in [0.05, 0.1) is 6.54 Å². The number of ether oxygens (including phenoxy) is 1. The van der Waals surface area contributed by atoms with E-state index in [4.69, 9.17) is 10.5 Å². The quantitative estimate of drug-likeness (QED) is 0.852. The molecule has 1 heterocycles. The van der Waals surface area contributed by atoms with Crippen molar-refractivity contribution in [2.24, 2.45) is 5.73 Å². The van der Waals surface area contributed by atoms with Gasteiger partial charge in [-0.1, -0.05) is 19.1 Å². The van der Waals surface area contributed by atoms with Crippen LogP contribution >= 0.6 is 0 Å². The van der Waals surface area contributed by atoms with Crippen molar-refractivity contribution in [1.29, 1.82) is 0 Å². The largest absolute Gasteiger partial charge is 0.491 e. The predicted molar refractivity (Wildman–Crippen MR) is 85.6 cm³/mol. The van der Waals surface area contributed by atoms with E-state index in [1.165, 1.54) is 16.7 Å². The van der Waals surface area contributed by atoms with Crippen molar-refractivity contribution in [2.75, 3.05) is 6.61 Å². The first-order chi connectivity index (χ1) is 10.1. The Morgan fingerprint density at radius 2 is 2.00 bits per heavy atom. The van der Waals surface area contributed by atoms with Gasteiger partial charge in [-0.25, -0.2) is 0 Å². The summed E-state index contributed by atoms with van der Waals surface area (Å²) in [6.45, 7) is 7.69. The lowest BCUT2D eigenvalue weighted by Crippen LogP contribution is -2.21. The molecule has 4 heteroatoms. The second-order valence-corrected chi connectivity index (χ2v) is 5.55. The fourth-order valence-corrected chi connectivity index (χ4v) is 2.51. The van der Waals surface area contributed by atoms with Crippen LogP contribution in [0.5, 0.6) is 5.75 Å². The maximum Gasteiger partial charge on any atom is 0.125 e. The molecule has 0 bridgehead atoms. The van der Waals surface area contributed by atoms with Crippen molar-refractivity contribution in [3.05, 3.63) is 47.3 Å². The fourth-order valence-electron chi connectivity index (χ4n) is 2.51. The van der Waals surface area contributed by atoms with E-state index < -0.39 is 0 Å². The van der Waals surface area contributed by atoms with Gasteiger partial charge in [-0.05, 0) is 49.4 Å². The number of aryl methyl sites for hydroxylation is 2. The normalized spacial score (nSPS) is 12.4. The molecule has 2 aromatic rings. The number of nitrogens with zero attached hydrogens (tertiary/aromatic N) is 2. The van der Waals surface area contributed by atoms with Crippen LogP contribution in [0.15, 0.2) is 30.6 Å². The molecule has 0 aliphatic carbocycles. The first-order valence-electron chi connectivity index (χ1n) is 7.56. The van der Waals surface area contributed by atoms with E-state index in [9.17, 15) is 0 Å². The molecule has 0 fully saturated rings. The van der Waals surface area contributed by atoms with Crippen LogP contribution in [0.4, 0.5) is 0 Å². The van der Waals surface area contributed by atoms with Crippen molar-refractivity contribution in [1.82, 2.24) is 9.78 Å². The number of nitrogens with two attached hydrogens (primary N) is 1. The summed E-state index contributed by atoms with van der Waals surface area (Å²) in [6.07, 6.45) is 5.65. The highest BCUT2D eigenvalue weighted by Gasteiger charge is 2.09. The van der Waals surface area contributed by atoms with Gasteiger partial charge in [-0.2, -0.15) is 5.10 Å². The van der Waals surface area contributed by atoms with E-state index in [0.29, 0.717) is 6.61 Å². The molecule has 0 spiro atoms. The highest BCUT2D eigenvalue weighted by molar-refractivity contribution is 5.43. The number of aromatic nitrogens is 2. The third-order valence-electron chi connectivity index (χ3n) is 3.67. The van der Waals surface area contributed by atoms with E-state index in [2.05, 4.69) is 38.0 Å². The molecule has 1 unspecified atom stereocenters. The summed E-state index contributed by atoms with van der Waals surface area (Å²) in [5, 5.41) is 4.17. The smallest absolute Gasteiger partial charge is 0.125 e. The summed E-state index contributed by atoms with van der Waals surface area (Å²) < 4.78 is 7.81. The Morgan fingerprint density at radius 1 is 1.29 bits per heavy atom. The van der Waals surface area contributed by atoms with E-state index in [-0.39, 0.29) is 6.04 Å². The molecule has 114 valence electrons. The molecule has 2 rings (SSSR count). The Morgan fingerprint density at radius 3 is 2.57 bits per heavy atom. The van der Waals surface area contributed by atoms with Crippen molar-refractivity contribution in [3.63, 3.8) is 0 Å². The molecule has 1 aromatic heterocycles. The first-order valence-corrected chi connectivity index (χ1v) is 7.56. The zero-order valence-corrected chi connectivity index (χ0v) is 13.2. The predicted octanol–water partition coefficient (Wildman–Crippen LogP) is 2.86. The van der Waals surface area contributed by atoms with Gasteiger partial charge >= 0.3 is 0 Å². The van der Waals surface area contributed by atoms with Gasteiger partial charge in [0.1, 0.15) is 12.4 Å². The molecule has 0 radical (unpaired) electrons. The van der Waals surface area contributed by atoms with Gasteiger partial charge in [0.25, 0.3) is 0 Å². The van der Waals surface area contributed by atoms with Gasteiger partial charge in [0, 0.05) is 18.4 Å². The number of hydrogen-bond acceptors (Lipinski definition) is 3. The second kappa shape index (κ2) is 7.27. The van der Waals surface area contributed by atoms with Crippen LogP contribution in [0.25, 0.3) is 0 Å². The molecule has 0 amide bonds. The molecular formula is C17H25N3O. The molecule has 1 aromatic carbocycles. The average Bonchev–Trinajstić information content (AvgIpc) is 2.95. The maximum absolute atomic E-state index is 6.04. The zero-order valence-electron chi connectivity index (χ0n) is 13.2. The molecule has 0 aliphatic rings. The Labute approximate surface area is 126 Å². The monoisotopic (exact) mass is 287 g/mol. The molecule has 2 N–H and O–H groups in total. The minimum absolute atomic E-state index is 0.232. The van der Waals surface area contributed by atoms with Crippen molar-refractivity contribution in [3.8, 4) is 5.75 Å². The van der Waals surface area contributed by atoms with Crippen LogP contribution in [0, 0.1) is 13.8 Å². The highest BCUT2D eigenvalue weighted by atomic mass is 16.5. The summed E-state index contributed by atoms with van der Waals surface area (Å²) in [4.78, 5) is 0. The molecular weight excluding hydrogens is 262 g/mol. The van der Waals surface area contributed by atoms with E-state index in [1.54, 1.807) is 6.20 Å². The summed E-state index contributed by atoms with van der Waals surface area (Å²) in [7, 11) is 0. The van der Waals surface area contributed by atoms with Crippen LogP contribution in [-0.2, 0) is 13.0 Å². The topological polar surface area (TPSA) is 53.1 Å². The van der Waals surface area contributed by atoms with Crippen LogP contribution in [0.2, 0.25) is 0 Å². The molecule has 0 saturated heterocycles. The van der Waals surface area contributed by atoms with E-state index in [0.717, 1.165) is 25.1 Å². The summed E-state index contributed by atoms with van der Waals surface area (Å²) in [5.41, 5.74) is 9.68. The Balaban J connectivity index is 1.99. The third-order valence-corrected chi connectivity index (χ3v) is 3.67. The lowest BCUT2D eigenvalue weighted by molar-refractivity contribution is 0.287. The van der Waals surface area contributed by atoms with E-state index >= 15 is 0 Å². The SMILES string of the molecule is CCC(N)Cc1cc(C)c(OCCn2cccn2)c(C)c1. The third kappa shape index (κ3) is 4.33. The first kappa shape index (κ1) is 15.6. The second-order valence-electron chi connectivity index (χ2n) is 5.55. The molecule has 4 nitrogen and oxygen atoms in total. The van der Waals surface area contributed by atoms with Gasteiger partial charge < -0.3 is 10.5 Å².